The van der Waals surface area contributed by atoms with Crippen LogP contribution in [0.5, 0.6) is 0 Å². The number of ether oxygens (including phenoxy) is 1. The minimum atomic E-state index is -2.31. The molecule has 0 aromatic rings. The van der Waals surface area contributed by atoms with Crippen LogP contribution >= 0.6 is 0 Å². The summed E-state index contributed by atoms with van der Waals surface area (Å²) in [5.74, 6) is -5.17. The molecule has 0 aromatic carbocycles. The summed E-state index contributed by atoms with van der Waals surface area (Å²) >= 11 is 0. The highest BCUT2D eigenvalue weighted by atomic mass is 19.1. The maximum absolute atomic E-state index is 17.3. The summed E-state index contributed by atoms with van der Waals surface area (Å²) in [6, 6.07) is 0. The van der Waals surface area contributed by atoms with E-state index < -0.39 is 76.0 Å². The van der Waals surface area contributed by atoms with Crippen molar-refractivity contribution in [1.82, 2.24) is 0 Å². The number of esters is 1. The smallest absolute Gasteiger partial charge is 0.306 e. The second-order valence-electron chi connectivity index (χ2n) is 11.4. The lowest BCUT2D eigenvalue weighted by atomic mass is 9.44. The van der Waals surface area contributed by atoms with Gasteiger partial charge in [0.2, 0.25) is 11.6 Å². The van der Waals surface area contributed by atoms with Crippen molar-refractivity contribution in [2.75, 3.05) is 6.67 Å². The zero-order valence-corrected chi connectivity index (χ0v) is 20.8. The van der Waals surface area contributed by atoms with Gasteiger partial charge in [-0.2, -0.15) is 0 Å². The number of allylic oxidation sites excluding steroid dienone is 4. The highest BCUT2D eigenvalue weighted by Crippen LogP contribution is 2.71. The van der Waals surface area contributed by atoms with E-state index in [1.807, 2.05) is 6.92 Å². The van der Waals surface area contributed by atoms with Gasteiger partial charge in [-0.25, -0.2) is 13.2 Å². The fourth-order valence-corrected chi connectivity index (χ4v) is 8.13. The number of rotatable bonds is 6. The van der Waals surface area contributed by atoms with Gasteiger partial charge in [0.1, 0.15) is 0 Å². The van der Waals surface area contributed by atoms with Gasteiger partial charge in [-0.1, -0.05) is 33.3 Å². The molecule has 8 heteroatoms. The summed E-state index contributed by atoms with van der Waals surface area (Å²) in [7, 11) is 0. The average Bonchev–Trinajstić information content (AvgIpc) is 3.03. The summed E-state index contributed by atoms with van der Waals surface area (Å²) in [5.41, 5.74) is -6.82. The Hall–Kier alpha value is -1.96. The summed E-state index contributed by atoms with van der Waals surface area (Å²) in [6.45, 7) is 5.48. The molecule has 0 saturated heterocycles. The number of hydrogen-bond donors (Lipinski definition) is 1. The minimum absolute atomic E-state index is 0.0505. The Labute approximate surface area is 204 Å². The van der Waals surface area contributed by atoms with Crippen LogP contribution in [0.1, 0.15) is 72.6 Å². The molecule has 3 fully saturated rings. The lowest BCUT2D eigenvalue weighted by Crippen LogP contribution is -2.70. The number of ketones is 2. The summed E-state index contributed by atoms with van der Waals surface area (Å²) < 4.78 is 51.9. The third kappa shape index (κ3) is 3.20. The first kappa shape index (κ1) is 26.1. The topological polar surface area (TPSA) is 80.7 Å². The van der Waals surface area contributed by atoms with Crippen molar-refractivity contribution in [2.24, 2.45) is 28.6 Å². The fraction of sp³-hybridized carbons (Fsp3) is 0.741. The Morgan fingerprint density at radius 1 is 1.26 bits per heavy atom. The number of halogens is 3. The molecule has 8 atom stereocenters. The first-order valence-electron chi connectivity index (χ1n) is 12.7. The van der Waals surface area contributed by atoms with Crippen molar-refractivity contribution in [3.8, 4) is 0 Å². The first-order valence-corrected chi connectivity index (χ1v) is 12.7. The first-order chi connectivity index (χ1) is 16.3. The highest BCUT2D eigenvalue weighted by Gasteiger charge is 2.77. The third-order valence-corrected chi connectivity index (χ3v) is 9.82. The van der Waals surface area contributed by atoms with E-state index in [0.717, 1.165) is 12.5 Å². The van der Waals surface area contributed by atoms with Gasteiger partial charge >= 0.3 is 5.97 Å². The van der Waals surface area contributed by atoms with E-state index in [9.17, 15) is 28.3 Å². The van der Waals surface area contributed by atoms with Crippen LogP contribution in [-0.4, -0.2) is 46.7 Å². The van der Waals surface area contributed by atoms with E-state index in [2.05, 4.69) is 0 Å². The number of carbonyl (C=O) groups is 3. The van der Waals surface area contributed by atoms with Crippen LogP contribution < -0.4 is 0 Å². The molecule has 0 heterocycles. The van der Waals surface area contributed by atoms with Crippen molar-refractivity contribution in [3.63, 3.8) is 0 Å². The molecule has 0 unspecified atom stereocenters. The number of Topliss-reactive ketones (excluding diaryl/α,β-unsaturated/α-hetero) is 1. The molecule has 0 spiro atoms. The van der Waals surface area contributed by atoms with Crippen LogP contribution in [-0.2, 0) is 19.1 Å². The number of alkyl halides is 2. The van der Waals surface area contributed by atoms with E-state index >= 15 is 4.39 Å². The number of aliphatic hydroxyl groups is 1. The number of hydrogen-bond acceptors (Lipinski definition) is 5. The summed E-state index contributed by atoms with van der Waals surface area (Å²) in [6.07, 6.45) is 2.42. The van der Waals surface area contributed by atoms with Gasteiger partial charge in [0.25, 0.3) is 0 Å². The minimum Gasteiger partial charge on any atom is -0.450 e. The van der Waals surface area contributed by atoms with Crippen molar-refractivity contribution >= 4 is 17.5 Å². The highest BCUT2D eigenvalue weighted by molar-refractivity contribution is 6.04. The lowest BCUT2D eigenvalue weighted by molar-refractivity contribution is -0.228. The van der Waals surface area contributed by atoms with E-state index in [-0.39, 0.29) is 31.3 Å². The third-order valence-electron chi connectivity index (χ3n) is 9.82. The van der Waals surface area contributed by atoms with Gasteiger partial charge < -0.3 is 9.84 Å². The maximum atomic E-state index is 17.3. The Morgan fingerprint density at radius 3 is 2.57 bits per heavy atom. The SMILES string of the molecule is CCCCC(=O)O[C@]1(C(=O)CF)[C@@H](C)C[C@H]2[C@@H]3CCC4=C(F)C(=O)C=C[C@]4(C)[C@@]3(F)[C@@H](O)C[C@@]21C. The Balaban J connectivity index is 1.82. The lowest BCUT2D eigenvalue weighted by Gasteiger charge is -2.62. The largest absolute Gasteiger partial charge is 0.450 e. The van der Waals surface area contributed by atoms with Gasteiger partial charge in [-0.15, -0.1) is 0 Å². The van der Waals surface area contributed by atoms with Gasteiger partial charge in [0, 0.05) is 29.1 Å². The van der Waals surface area contributed by atoms with E-state index in [1.165, 1.54) is 13.0 Å². The summed E-state index contributed by atoms with van der Waals surface area (Å²) in [5, 5.41) is 11.4. The van der Waals surface area contributed by atoms with Gasteiger partial charge in [-0.05, 0) is 56.6 Å². The van der Waals surface area contributed by atoms with E-state index in [1.54, 1.807) is 13.8 Å². The Morgan fingerprint density at radius 2 is 1.94 bits per heavy atom. The van der Waals surface area contributed by atoms with Crippen LogP contribution in [0.3, 0.4) is 0 Å². The molecule has 0 aromatic heterocycles. The zero-order chi connectivity index (χ0) is 26.0. The predicted molar refractivity (Wildman–Crippen MR) is 122 cm³/mol. The standard InChI is InChI=1S/C27H35F3O5/c1-5-6-7-22(34)35-27(21(33)14-28)15(2)12-18-16-8-9-17-23(29)19(31)10-11-24(17,3)26(16,30)20(32)13-25(18,27)4/h10-11,15-16,18,20,32H,5-9,12-14H2,1-4H3/t15-,16-,18-,20-,24-,25-,26-,27-/m0/s1. The molecule has 194 valence electrons. The molecular formula is C27H35F3O5. The van der Waals surface area contributed by atoms with Crippen LogP contribution in [0.4, 0.5) is 13.2 Å². The molecule has 35 heavy (non-hydrogen) atoms. The van der Waals surface area contributed by atoms with Crippen LogP contribution in [0.25, 0.3) is 0 Å². The molecule has 4 aliphatic carbocycles. The molecule has 3 saturated carbocycles. The quantitative estimate of drug-likeness (QED) is 0.529. The second kappa shape index (κ2) is 8.56. The van der Waals surface area contributed by atoms with Gasteiger partial charge in [0.05, 0.1) is 6.10 Å². The second-order valence-corrected chi connectivity index (χ2v) is 11.4. The molecular weight excluding hydrogens is 461 g/mol. The molecule has 0 bridgehead atoms. The molecule has 4 rings (SSSR count). The molecule has 0 amide bonds. The van der Waals surface area contributed by atoms with E-state index in [4.69, 9.17) is 4.74 Å². The zero-order valence-electron chi connectivity index (χ0n) is 20.8. The van der Waals surface area contributed by atoms with Crippen molar-refractivity contribution in [2.45, 2.75) is 90.0 Å². The predicted octanol–water partition coefficient (Wildman–Crippen LogP) is 4.91. The number of fused-ring (bicyclic) bond motifs is 5. The molecule has 0 aliphatic heterocycles. The summed E-state index contributed by atoms with van der Waals surface area (Å²) in [4.78, 5) is 37.9. The fourth-order valence-electron chi connectivity index (χ4n) is 8.13. The number of carbonyl (C=O) groups excluding carboxylic acids is 3. The molecule has 5 nitrogen and oxygen atoms in total. The van der Waals surface area contributed by atoms with E-state index in [0.29, 0.717) is 12.8 Å². The van der Waals surface area contributed by atoms with Gasteiger partial charge in [0.15, 0.2) is 23.8 Å². The van der Waals surface area contributed by atoms with Crippen molar-refractivity contribution < 1.29 is 37.4 Å². The molecule has 4 aliphatic rings. The van der Waals surface area contributed by atoms with Gasteiger partial charge in [-0.3, -0.25) is 14.4 Å². The van der Waals surface area contributed by atoms with Crippen LogP contribution in [0, 0.1) is 28.6 Å². The Kier molecular flexibility index (Phi) is 6.39. The monoisotopic (exact) mass is 496 g/mol. The van der Waals surface area contributed by atoms with Crippen molar-refractivity contribution in [1.29, 1.82) is 0 Å². The molecule has 0 radical (unpaired) electrons. The number of aliphatic hydroxyl groups excluding tert-OH is 1. The average molecular weight is 497 g/mol. The molecule has 1 N–H and O–H groups in total. The number of unbranched alkanes of at least 4 members (excludes halogenated alkanes) is 1. The van der Waals surface area contributed by atoms with Crippen molar-refractivity contribution in [3.05, 3.63) is 23.6 Å². The van der Waals surface area contributed by atoms with Crippen LogP contribution in [0.15, 0.2) is 23.6 Å². The normalized spacial score (nSPS) is 44.5. The van der Waals surface area contributed by atoms with Crippen LogP contribution in [0.2, 0.25) is 0 Å². The maximum Gasteiger partial charge on any atom is 0.306 e. The Bertz CT molecular complexity index is 1010.